The number of amides is 1. The van der Waals surface area contributed by atoms with Crippen molar-refractivity contribution < 1.29 is 14.8 Å². The molecule has 1 amide bonds. The number of aliphatic hydroxyl groups excluding tert-OH is 1. The Morgan fingerprint density at radius 1 is 1.48 bits per heavy atom. The van der Waals surface area contributed by atoms with Gasteiger partial charge in [-0.1, -0.05) is 0 Å². The van der Waals surface area contributed by atoms with E-state index in [0.29, 0.717) is 4.90 Å². The SMILES string of the molecule is CSc1ccc(C(=O)NC(C)C(CO)SC)cc1[N+](=O)[O-]. The van der Waals surface area contributed by atoms with E-state index < -0.39 is 4.92 Å². The molecule has 8 heteroatoms. The molecule has 2 unspecified atom stereocenters. The second-order valence-electron chi connectivity index (χ2n) is 4.36. The minimum absolute atomic E-state index is 0.0474. The first kappa shape index (κ1) is 17.8. The van der Waals surface area contributed by atoms with Crippen LogP contribution in [0.2, 0.25) is 0 Å². The maximum Gasteiger partial charge on any atom is 0.283 e. The van der Waals surface area contributed by atoms with Gasteiger partial charge in [-0.15, -0.1) is 11.8 Å². The van der Waals surface area contributed by atoms with Crippen LogP contribution in [-0.4, -0.2) is 46.3 Å². The van der Waals surface area contributed by atoms with Crippen LogP contribution in [0.1, 0.15) is 17.3 Å². The van der Waals surface area contributed by atoms with Gasteiger partial charge >= 0.3 is 0 Å². The lowest BCUT2D eigenvalue weighted by Gasteiger charge is -2.21. The fourth-order valence-corrected chi connectivity index (χ4v) is 2.97. The Morgan fingerprint density at radius 2 is 2.14 bits per heavy atom. The summed E-state index contributed by atoms with van der Waals surface area (Å²) in [6, 6.07) is 4.17. The second kappa shape index (κ2) is 8.26. The topological polar surface area (TPSA) is 92.5 Å². The quantitative estimate of drug-likeness (QED) is 0.452. The fraction of sp³-hybridized carbons (Fsp3) is 0.462. The van der Waals surface area contributed by atoms with Crippen LogP contribution in [0, 0.1) is 10.1 Å². The number of hydrogen-bond acceptors (Lipinski definition) is 6. The molecule has 1 aromatic rings. The highest BCUT2D eigenvalue weighted by atomic mass is 32.2. The molecule has 21 heavy (non-hydrogen) atoms. The molecule has 0 aliphatic rings. The van der Waals surface area contributed by atoms with Crippen LogP contribution in [0.3, 0.4) is 0 Å². The second-order valence-corrected chi connectivity index (χ2v) is 6.29. The molecule has 0 spiro atoms. The summed E-state index contributed by atoms with van der Waals surface area (Å²) in [6.07, 6.45) is 3.59. The molecule has 0 heterocycles. The van der Waals surface area contributed by atoms with Crippen LogP contribution in [0.25, 0.3) is 0 Å². The number of aliphatic hydroxyl groups is 1. The molecule has 0 fully saturated rings. The van der Waals surface area contributed by atoms with E-state index >= 15 is 0 Å². The van der Waals surface area contributed by atoms with Crippen LogP contribution in [0.15, 0.2) is 23.1 Å². The molecular weight excluding hydrogens is 312 g/mol. The standard InChI is InChI=1S/C13H18N2O4S2/c1-8(12(7-16)21-3)14-13(17)9-4-5-11(20-2)10(6-9)15(18)19/h4-6,8,12,16H,7H2,1-3H3,(H,14,17). The molecular formula is C13H18N2O4S2. The Bertz CT molecular complexity index is 521. The minimum Gasteiger partial charge on any atom is -0.395 e. The Hall–Kier alpha value is -1.25. The molecule has 0 aromatic heterocycles. The van der Waals surface area contributed by atoms with Crippen molar-refractivity contribution in [2.45, 2.75) is 23.1 Å². The Labute approximate surface area is 131 Å². The van der Waals surface area contributed by atoms with Gasteiger partial charge in [0.15, 0.2) is 0 Å². The highest BCUT2D eigenvalue weighted by Crippen LogP contribution is 2.28. The normalized spacial score (nSPS) is 13.5. The molecule has 0 saturated heterocycles. The van der Waals surface area contributed by atoms with E-state index in [9.17, 15) is 20.0 Å². The third-order valence-corrected chi connectivity index (χ3v) is 4.98. The number of rotatable bonds is 7. The lowest BCUT2D eigenvalue weighted by atomic mass is 10.1. The van der Waals surface area contributed by atoms with Crippen molar-refractivity contribution in [1.82, 2.24) is 5.32 Å². The zero-order chi connectivity index (χ0) is 16.0. The van der Waals surface area contributed by atoms with Crippen LogP contribution < -0.4 is 5.32 Å². The molecule has 116 valence electrons. The first-order valence-electron chi connectivity index (χ1n) is 6.21. The molecule has 2 N–H and O–H groups in total. The number of carbonyl (C=O) groups is 1. The lowest BCUT2D eigenvalue weighted by molar-refractivity contribution is -0.387. The van der Waals surface area contributed by atoms with Gasteiger partial charge in [0.25, 0.3) is 11.6 Å². The van der Waals surface area contributed by atoms with Gasteiger partial charge in [-0.25, -0.2) is 0 Å². The third kappa shape index (κ3) is 4.62. The van der Waals surface area contributed by atoms with Crippen molar-refractivity contribution in [2.24, 2.45) is 0 Å². The number of nitro benzene ring substituents is 1. The summed E-state index contributed by atoms with van der Waals surface area (Å²) in [6.45, 7) is 1.74. The number of thioether (sulfide) groups is 2. The van der Waals surface area contributed by atoms with Gasteiger partial charge in [-0.05, 0) is 31.6 Å². The molecule has 6 nitrogen and oxygen atoms in total. The summed E-state index contributed by atoms with van der Waals surface area (Å²) in [4.78, 5) is 23.2. The predicted octanol–water partition coefficient (Wildman–Crippen LogP) is 2.16. The van der Waals surface area contributed by atoms with Crippen molar-refractivity contribution in [1.29, 1.82) is 0 Å². The smallest absolute Gasteiger partial charge is 0.283 e. The molecule has 1 rings (SSSR count). The highest BCUT2D eigenvalue weighted by molar-refractivity contribution is 7.99. The number of nitrogens with one attached hydrogen (secondary N) is 1. The summed E-state index contributed by atoms with van der Waals surface area (Å²) >= 11 is 2.71. The number of hydrogen-bond donors (Lipinski definition) is 2. The molecule has 0 radical (unpaired) electrons. The van der Waals surface area contributed by atoms with Crippen molar-refractivity contribution in [2.75, 3.05) is 19.1 Å². The number of nitro groups is 1. The van der Waals surface area contributed by atoms with E-state index in [1.807, 2.05) is 6.26 Å². The number of benzene rings is 1. The fourth-order valence-electron chi connectivity index (χ4n) is 1.79. The van der Waals surface area contributed by atoms with E-state index in [4.69, 9.17) is 0 Å². The minimum atomic E-state index is -0.496. The monoisotopic (exact) mass is 330 g/mol. The predicted molar refractivity (Wildman–Crippen MR) is 86.2 cm³/mol. The molecule has 2 atom stereocenters. The molecule has 0 saturated carbocycles. The Morgan fingerprint density at radius 3 is 2.62 bits per heavy atom. The van der Waals surface area contributed by atoms with Gasteiger partial charge in [0, 0.05) is 22.9 Å². The van der Waals surface area contributed by atoms with E-state index in [-0.39, 0.29) is 35.1 Å². The summed E-state index contributed by atoms with van der Waals surface area (Å²) in [5.74, 6) is -0.384. The zero-order valence-corrected chi connectivity index (χ0v) is 13.7. The lowest BCUT2D eigenvalue weighted by Crippen LogP contribution is -2.41. The maximum atomic E-state index is 12.1. The van der Waals surface area contributed by atoms with Gasteiger partial charge < -0.3 is 10.4 Å². The molecule has 0 bridgehead atoms. The summed E-state index contributed by atoms with van der Waals surface area (Å²) < 4.78 is 0. The Balaban J connectivity index is 2.93. The van der Waals surface area contributed by atoms with E-state index in [2.05, 4.69) is 5.32 Å². The van der Waals surface area contributed by atoms with Gasteiger partial charge in [0.2, 0.25) is 0 Å². The highest BCUT2D eigenvalue weighted by Gasteiger charge is 2.21. The van der Waals surface area contributed by atoms with Crippen molar-refractivity contribution in [3.8, 4) is 0 Å². The summed E-state index contributed by atoms with van der Waals surface area (Å²) in [5, 5.41) is 22.8. The van der Waals surface area contributed by atoms with E-state index in [1.54, 1.807) is 25.3 Å². The van der Waals surface area contributed by atoms with Crippen LogP contribution >= 0.6 is 23.5 Å². The molecule has 1 aromatic carbocycles. The van der Waals surface area contributed by atoms with Crippen molar-refractivity contribution in [3.05, 3.63) is 33.9 Å². The van der Waals surface area contributed by atoms with Crippen LogP contribution in [0.4, 0.5) is 5.69 Å². The summed E-state index contributed by atoms with van der Waals surface area (Å²) in [5.41, 5.74) is 0.163. The van der Waals surface area contributed by atoms with Crippen LogP contribution in [-0.2, 0) is 0 Å². The number of nitrogens with zero attached hydrogens (tertiary/aromatic N) is 1. The van der Waals surface area contributed by atoms with Gasteiger partial charge in [0.05, 0.1) is 16.4 Å². The third-order valence-electron chi connectivity index (χ3n) is 3.04. The Kier molecular flexibility index (Phi) is 7.00. The first-order chi connectivity index (χ1) is 9.94. The van der Waals surface area contributed by atoms with Gasteiger partial charge in [-0.2, -0.15) is 11.8 Å². The van der Waals surface area contributed by atoms with Crippen LogP contribution in [0.5, 0.6) is 0 Å². The van der Waals surface area contributed by atoms with E-state index in [1.165, 1.54) is 29.6 Å². The molecule has 0 aliphatic heterocycles. The molecule has 0 aliphatic carbocycles. The maximum absolute atomic E-state index is 12.1. The first-order valence-corrected chi connectivity index (χ1v) is 8.72. The summed E-state index contributed by atoms with van der Waals surface area (Å²) in [7, 11) is 0. The average Bonchev–Trinajstić information content (AvgIpc) is 2.47. The van der Waals surface area contributed by atoms with E-state index in [0.717, 1.165) is 0 Å². The van der Waals surface area contributed by atoms with Gasteiger partial charge in [-0.3, -0.25) is 14.9 Å². The van der Waals surface area contributed by atoms with Gasteiger partial charge in [0.1, 0.15) is 0 Å². The average molecular weight is 330 g/mol. The zero-order valence-electron chi connectivity index (χ0n) is 12.0. The van der Waals surface area contributed by atoms with Crippen molar-refractivity contribution in [3.63, 3.8) is 0 Å². The number of carbonyl (C=O) groups excluding carboxylic acids is 1. The van der Waals surface area contributed by atoms with Crippen molar-refractivity contribution >= 4 is 35.1 Å². The largest absolute Gasteiger partial charge is 0.395 e.